The van der Waals surface area contributed by atoms with E-state index in [2.05, 4.69) is 0 Å². The van der Waals surface area contributed by atoms with Crippen molar-refractivity contribution < 1.29 is 19.8 Å². The molecule has 100 valence electrons. The molecule has 0 saturated heterocycles. The fourth-order valence-electron chi connectivity index (χ4n) is 1.52. The normalized spacial score (nSPS) is 11.4. The Morgan fingerprint density at radius 3 is 2.00 bits per heavy atom. The van der Waals surface area contributed by atoms with Crippen molar-refractivity contribution >= 4 is 23.7 Å². The third-order valence-electron chi connectivity index (χ3n) is 2.54. The fraction of sp³-hybridized carbons (Fsp3) is 0.800. The van der Waals surface area contributed by atoms with Gasteiger partial charge in [0, 0.05) is 11.5 Å². The third-order valence-corrected chi connectivity index (χ3v) is 3.79. The molecule has 6 N–H and O–H groups in total. The minimum absolute atomic E-state index is 0.0333. The number of carbonyl (C=O) groups is 2. The molecule has 0 aliphatic heterocycles. The van der Waals surface area contributed by atoms with Crippen molar-refractivity contribution in [2.24, 2.45) is 16.9 Å². The molecule has 0 atom stereocenters. The first kappa shape index (κ1) is 16.2. The summed E-state index contributed by atoms with van der Waals surface area (Å²) in [5.74, 6) is -1.03. The Kier molecular flexibility index (Phi) is 7.94. The predicted molar refractivity (Wildman–Crippen MR) is 67.0 cm³/mol. The lowest BCUT2D eigenvalue weighted by Gasteiger charge is -2.28. The molecule has 0 bridgehead atoms. The molecule has 0 fully saturated rings. The molecule has 0 spiro atoms. The van der Waals surface area contributed by atoms with Gasteiger partial charge in [-0.05, 0) is 25.9 Å². The van der Waals surface area contributed by atoms with Crippen LogP contribution in [0.4, 0.5) is 0 Å². The number of carboxylic acid groups (broad SMARTS) is 2. The summed E-state index contributed by atoms with van der Waals surface area (Å²) in [6, 6.07) is 0. The van der Waals surface area contributed by atoms with Gasteiger partial charge in [0.15, 0.2) is 0 Å². The molecule has 6 nitrogen and oxygen atoms in total. The maximum absolute atomic E-state index is 11.3. The van der Waals surface area contributed by atoms with Crippen LogP contribution in [0.1, 0.15) is 19.3 Å². The van der Waals surface area contributed by atoms with E-state index in [1.807, 2.05) is 0 Å². The summed E-state index contributed by atoms with van der Waals surface area (Å²) in [7, 11) is 0. The van der Waals surface area contributed by atoms with E-state index in [9.17, 15) is 14.7 Å². The Bertz CT molecular complexity index is 255. The number of hydrogen-bond donors (Lipinski definition) is 4. The van der Waals surface area contributed by atoms with Gasteiger partial charge in [-0.15, -0.1) is 0 Å². The molecule has 0 amide bonds. The molecule has 0 aromatic carbocycles. The van der Waals surface area contributed by atoms with Gasteiger partial charge in [-0.2, -0.15) is 11.8 Å². The van der Waals surface area contributed by atoms with Crippen LogP contribution in [0, 0.1) is 5.41 Å². The molecule has 0 aliphatic carbocycles. The SMILES string of the molecule is NCCC(CCN)(CSCCC(=O)O)C(=O)O. The molecule has 17 heavy (non-hydrogen) atoms. The molecule has 0 radical (unpaired) electrons. The van der Waals surface area contributed by atoms with Crippen LogP contribution in [0.2, 0.25) is 0 Å². The highest BCUT2D eigenvalue weighted by molar-refractivity contribution is 7.99. The van der Waals surface area contributed by atoms with Crippen molar-refractivity contribution in [3.63, 3.8) is 0 Å². The monoisotopic (exact) mass is 264 g/mol. The van der Waals surface area contributed by atoms with Gasteiger partial charge >= 0.3 is 11.9 Å². The number of rotatable bonds is 10. The average molecular weight is 264 g/mol. The van der Waals surface area contributed by atoms with Crippen molar-refractivity contribution in [2.75, 3.05) is 24.6 Å². The second kappa shape index (κ2) is 8.32. The summed E-state index contributed by atoms with van der Waals surface area (Å²) in [6.07, 6.45) is 0.755. The number of hydrogen-bond acceptors (Lipinski definition) is 5. The van der Waals surface area contributed by atoms with Gasteiger partial charge in [0.25, 0.3) is 0 Å². The van der Waals surface area contributed by atoms with Gasteiger partial charge < -0.3 is 21.7 Å². The van der Waals surface area contributed by atoms with E-state index < -0.39 is 17.4 Å². The fourth-order valence-corrected chi connectivity index (χ4v) is 2.79. The second-order valence-electron chi connectivity index (χ2n) is 3.86. The molecule has 0 unspecified atom stereocenters. The third kappa shape index (κ3) is 5.90. The highest BCUT2D eigenvalue weighted by Gasteiger charge is 2.36. The van der Waals surface area contributed by atoms with Gasteiger partial charge in [0.2, 0.25) is 0 Å². The Morgan fingerprint density at radius 1 is 1.12 bits per heavy atom. The molecule has 0 aromatic rings. The zero-order chi connectivity index (χ0) is 13.3. The number of carboxylic acids is 2. The number of thioether (sulfide) groups is 1. The number of aliphatic carboxylic acids is 2. The smallest absolute Gasteiger partial charge is 0.310 e. The summed E-state index contributed by atoms with van der Waals surface area (Å²) in [4.78, 5) is 21.6. The number of nitrogens with two attached hydrogens (primary N) is 2. The van der Waals surface area contributed by atoms with Gasteiger partial charge in [-0.25, -0.2) is 0 Å². The van der Waals surface area contributed by atoms with Crippen LogP contribution in [0.3, 0.4) is 0 Å². The Morgan fingerprint density at radius 2 is 1.65 bits per heavy atom. The lowest BCUT2D eigenvalue weighted by atomic mass is 9.83. The summed E-state index contributed by atoms with van der Waals surface area (Å²) in [5.41, 5.74) is 9.93. The van der Waals surface area contributed by atoms with E-state index in [-0.39, 0.29) is 19.5 Å². The molecular weight excluding hydrogens is 244 g/mol. The topological polar surface area (TPSA) is 127 Å². The maximum Gasteiger partial charge on any atom is 0.310 e. The van der Waals surface area contributed by atoms with Crippen LogP contribution in [-0.4, -0.2) is 46.7 Å². The summed E-state index contributed by atoms with van der Waals surface area (Å²) in [6.45, 7) is 0.567. The van der Waals surface area contributed by atoms with Crippen LogP contribution < -0.4 is 11.5 Å². The first-order chi connectivity index (χ1) is 7.98. The predicted octanol–water partition coefficient (Wildman–Crippen LogP) is -0.0371. The molecular formula is C10H20N2O4S. The van der Waals surface area contributed by atoms with E-state index >= 15 is 0 Å². The Hall–Kier alpha value is -0.790. The standard InChI is InChI=1S/C10H20N2O4S/c11-4-2-10(3-5-12,9(15)16)7-17-6-1-8(13)14/h1-7,11-12H2,(H,13,14)(H,15,16). The first-order valence-corrected chi connectivity index (χ1v) is 6.57. The van der Waals surface area contributed by atoms with Crippen LogP contribution >= 0.6 is 11.8 Å². The van der Waals surface area contributed by atoms with Gasteiger partial charge in [-0.3, -0.25) is 9.59 Å². The van der Waals surface area contributed by atoms with Crippen molar-refractivity contribution in [3.05, 3.63) is 0 Å². The lowest BCUT2D eigenvalue weighted by molar-refractivity contribution is -0.148. The molecule has 0 heterocycles. The van der Waals surface area contributed by atoms with E-state index in [0.29, 0.717) is 24.3 Å². The molecule has 0 rings (SSSR count). The minimum atomic E-state index is -0.924. The van der Waals surface area contributed by atoms with Gasteiger partial charge in [0.1, 0.15) is 0 Å². The van der Waals surface area contributed by atoms with E-state index in [1.165, 1.54) is 11.8 Å². The van der Waals surface area contributed by atoms with Gasteiger partial charge in [-0.1, -0.05) is 0 Å². The molecule has 0 aliphatic rings. The maximum atomic E-state index is 11.3. The molecule has 7 heteroatoms. The largest absolute Gasteiger partial charge is 0.481 e. The lowest BCUT2D eigenvalue weighted by Crippen LogP contribution is -2.38. The average Bonchev–Trinajstić information content (AvgIpc) is 2.24. The van der Waals surface area contributed by atoms with Crippen molar-refractivity contribution in [1.82, 2.24) is 0 Å². The van der Waals surface area contributed by atoms with Gasteiger partial charge in [0.05, 0.1) is 11.8 Å². The quantitative estimate of drug-likeness (QED) is 0.408. The zero-order valence-electron chi connectivity index (χ0n) is 9.72. The zero-order valence-corrected chi connectivity index (χ0v) is 10.5. The van der Waals surface area contributed by atoms with E-state index in [1.54, 1.807) is 0 Å². The minimum Gasteiger partial charge on any atom is -0.481 e. The summed E-state index contributed by atoms with van der Waals surface area (Å²) in [5, 5.41) is 17.7. The molecule has 0 aromatic heterocycles. The van der Waals surface area contributed by atoms with Crippen LogP contribution in [-0.2, 0) is 9.59 Å². The second-order valence-corrected chi connectivity index (χ2v) is 4.96. The van der Waals surface area contributed by atoms with Crippen molar-refractivity contribution in [1.29, 1.82) is 0 Å². The van der Waals surface area contributed by atoms with Crippen LogP contribution in [0.5, 0.6) is 0 Å². The first-order valence-electron chi connectivity index (χ1n) is 5.41. The van der Waals surface area contributed by atoms with Crippen LogP contribution in [0.15, 0.2) is 0 Å². The Balaban J connectivity index is 4.35. The van der Waals surface area contributed by atoms with E-state index in [4.69, 9.17) is 16.6 Å². The van der Waals surface area contributed by atoms with E-state index in [0.717, 1.165) is 0 Å². The Labute approximate surface area is 105 Å². The van der Waals surface area contributed by atoms with Crippen molar-refractivity contribution in [2.45, 2.75) is 19.3 Å². The van der Waals surface area contributed by atoms with Crippen LogP contribution in [0.25, 0.3) is 0 Å². The van der Waals surface area contributed by atoms with Crippen molar-refractivity contribution in [3.8, 4) is 0 Å². The summed E-state index contributed by atoms with van der Waals surface area (Å²) >= 11 is 1.32. The summed E-state index contributed by atoms with van der Waals surface area (Å²) < 4.78 is 0. The highest BCUT2D eigenvalue weighted by Crippen LogP contribution is 2.31. The molecule has 0 saturated carbocycles. The highest BCUT2D eigenvalue weighted by atomic mass is 32.2.